The van der Waals surface area contributed by atoms with Gasteiger partial charge in [-0.2, -0.15) is 0 Å². The van der Waals surface area contributed by atoms with Crippen molar-refractivity contribution in [3.8, 4) is 5.75 Å². The van der Waals surface area contributed by atoms with Crippen LogP contribution >= 0.6 is 23.2 Å². The number of fused-ring (bicyclic) bond motifs is 1. The first-order valence-electron chi connectivity index (χ1n) is 9.23. The zero-order valence-electron chi connectivity index (χ0n) is 15.6. The molecule has 0 aliphatic carbocycles. The molecule has 30 heavy (non-hydrogen) atoms. The number of carbonyl (C=O) groups excluding carboxylic acids is 1. The fourth-order valence-electron chi connectivity index (χ4n) is 3.50. The maximum Gasteiger partial charge on any atom is 0.343 e. The summed E-state index contributed by atoms with van der Waals surface area (Å²) in [6.45, 7) is 0. The van der Waals surface area contributed by atoms with E-state index in [-0.39, 0.29) is 34.1 Å². The highest BCUT2D eigenvalue weighted by atomic mass is 35.5. The Morgan fingerprint density at radius 1 is 0.933 bits per heavy atom. The van der Waals surface area contributed by atoms with E-state index >= 15 is 0 Å². The standard InChI is InChI=1S/C24H16Cl2O4/c25-18-11-10-15(12-19(18)26)20(27)13-17(14-6-2-1-3-7-14)22-23(28)16-8-4-5-9-21(16)30-24(22)29/h1-12,17,28H,13H2. The number of halogens is 2. The molecule has 0 amide bonds. The van der Waals surface area contributed by atoms with E-state index in [1.54, 1.807) is 48.5 Å². The van der Waals surface area contributed by atoms with E-state index in [2.05, 4.69) is 0 Å². The molecular formula is C24H16Cl2O4. The lowest BCUT2D eigenvalue weighted by atomic mass is 9.85. The second kappa shape index (κ2) is 8.34. The van der Waals surface area contributed by atoms with Crippen LogP contribution in [-0.4, -0.2) is 10.9 Å². The van der Waals surface area contributed by atoms with Crippen LogP contribution in [0.3, 0.4) is 0 Å². The summed E-state index contributed by atoms with van der Waals surface area (Å²) >= 11 is 12.0. The Kier molecular flexibility index (Phi) is 5.62. The minimum Gasteiger partial charge on any atom is -0.507 e. The van der Waals surface area contributed by atoms with Gasteiger partial charge in [-0.25, -0.2) is 4.79 Å². The minimum atomic E-state index is -0.700. The van der Waals surface area contributed by atoms with Crippen LogP contribution < -0.4 is 5.63 Å². The lowest BCUT2D eigenvalue weighted by Crippen LogP contribution is -2.17. The summed E-state index contributed by atoms with van der Waals surface area (Å²) in [5, 5.41) is 11.9. The summed E-state index contributed by atoms with van der Waals surface area (Å²) in [6, 6.07) is 20.4. The lowest BCUT2D eigenvalue weighted by molar-refractivity contribution is 0.0977. The first-order chi connectivity index (χ1) is 14.5. The zero-order valence-corrected chi connectivity index (χ0v) is 17.2. The second-order valence-electron chi connectivity index (χ2n) is 6.87. The Morgan fingerprint density at radius 2 is 1.63 bits per heavy atom. The summed E-state index contributed by atoms with van der Waals surface area (Å²) in [5.41, 5.74) is 0.737. The van der Waals surface area contributed by atoms with Gasteiger partial charge in [0.05, 0.1) is 21.0 Å². The molecule has 6 heteroatoms. The van der Waals surface area contributed by atoms with E-state index in [1.165, 1.54) is 6.07 Å². The van der Waals surface area contributed by atoms with Crippen molar-refractivity contribution in [2.45, 2.75) is 12.3 Å². The Bertz CT molecular complexity index is 1300. The van der Waals surface area contributed by atoms with Gasteiger partial charge in [0.25, 0.3) is 0 Å². The highest BCUT2D eigenvalue weighted by Gasteiger charge is 2.27. The van der Waals surface area contributed by atoms with Crippen LogP contribution in [0.15, 0.2) is 82.0 Å². The monoisotopic (exact) mass is 438 g/mol. The van der Waals surface area contributed by atoms with E-state index in [1.807, 2.05) is 18.2 Å². The largest absolute Gasteiger partial charge is 0.507 e. The van der Waals surface area contributed by atoms with Crippen molar-refractivity contribution in [2.24, 2.45) is 0 Å². The Balaban J connectivity index is 1.84. The number of ketones is 1. The summed E-state index contributed by atoms with van der Waals surface area (Å²) in [4.78, 5) is 25.8. The molecule has 4 aromatic rings. The van der Waals surface area contributed by atoms with Crippen molar-refractivity contribution in [2.75, 3.05) is 0 Å². The zero-order chi connectivity index (χ0) is 21.3. The molecule has 150 valence electrons. The minimum absolute atomic E-state index is 0.0494. The van der Waals surface area contributed by atoms with Gasteiger partial charge in [0, 0.05) is 17.9 Å². The maximum absolute atomic E-state index is 13.0. The first kappa shape index (κ1) is 20.2. The third-order valence-electron chi connectivity index (χ3n) is 5.00. The topological polar surface area (TPSA) is 67.5 Å². The normalized spacial score (nSPS) is 12.1. The smallest absolute Gasteiger partial charge is 0.343 e. The van der Waals surface area contributed by atoms with Gasteiger partial charge in [0.2, 0.25) is 0 Å². The molecule has 1 N–H and O–H groups in total. The number of benzene rings is 3. The van der Waals surface area contributed by atoms with Crippen LogP contribution in [0, 0.1) is 0 Å². The SMILES string of the molecule is O=C(CC(c1ccccc1)c1c(O)c2ccccc2oc1=O)c1ccc(Cl)c(Cl)c1. The van der Waals surface area contributed by atoms with Gasteiger partial charge in [-0.15, -0.1) is 0 Å². The second-order valence-corrected chi connectivity index (χ2v) is 7.68. The average molecular weight is 439 g/mol. The molecule has 1 aromatic heterocycles. The predicted molar refractivity (Wildman–Crippen MR) is 118 cm³/mol. The van der Waals surface area contributed by atoms with Gasteiger partial charge in [-0.05, 0) is 35.9 Å². The molecule has 0 radical (unpaired) electrons. The van der Waals surface area contributed by atoms with E-state index in [0.717, 1.165) is 0 Å². The van der Waals surface area contributed by atoms with Gasteiger partial charge < -0.3 is 9.52 Å². The number of hydrogen-bond acceptors (Lipinski definition) is 4. The average Bonchev–Trinajstić information content (AvgIpc) is 2.75. The van der Waals surface area contributed by atoms with Crippen molar-refractivity contribution in [1.29, 1.82) is 0 Å². The fourth-order valence-corrected chi connectivity index (χ4v) is 3.80. The lowest BCUT2D eigenvalue weighted by Gasteiger charge is -2.18. The summed E-state index contributed by atoms with van der Waals surface area (Å²) in [7, 11) is 0. The molecule has 1 heterocycles. The van der Waals surface area contributed by atoms with Gasteiger partial charge in [0.15, 0.2) is 5.78 Å². The molecule has 1 atom stereocenters. The van der Waals surface area contributed by atoms with Crippen molar-refractivity contribution in [1.82, 2.24) is 0 Å². The molecule has 0 spiro atoms. The Morgan fingerprint density at radius 3 is 2.37 bits per heavy atom. The van der Waals surface area contributed by atoms with Crippen LogP contribution in [0.5, 0.6) is 5.75 Å². The number of carbonyl (C=O) groups is 1. The number of para-hydroxylation sites is 1. The molecule has 0 aliphatic heterocycles. The Labute approximate surface area is 182 Å². The summed E-state index contributed by atoms with van der Waals surface area (Å²) in [5.74, 6) is -1.12. The van der Waals surface area contributed by atoms with Gasteiger partial charge >= 0.3 is 5.63 Å². The van der Waals surface area contributed by atoms with E-state index in [0.29, 0.717) is 21.5 Å². The highest BCUT2D eigenvalue weighted by molar-refractivity contribution is 6.42. The van der Waals surface area contributed by atoms with Crippen molar-refractivity contribution >= 4 is 40.0 Å². The molecule has 0 fully saturated rings. The van der Waals surface area contributed by atoms with Gasteiger partial charge in [-0.3, -0.25) is 4.79 Å². The number of Topliss-reactive ketones (excluding diaryl/α,β-unsaturated/α-hetero) is 1. The molecule has 0 bridgehead atoms. The molecular weight excluding hydrogens is 423 g/mol. The van der Waals surface area contributed by atoms with Crippen LogP contribution in [0.25, 0.3) is 11.0 Å². The van der Waals surface area contributed by atoms with Crippen LogP contribution in [-0.2, 0) is 0 Å². The van der Waals surface area contributed by atoms with Crippen molar-refractivity contribution in [3.63, 3.8) is 0 Å². The third-order valence-corrected chi connectivity index (χ3v) is 5.74. The van der Waals surface area contributed by atoms with Crippen molar-refractivity contribution < 1.29 is 14.3 Å². The molecule has 3 aromatic carbocycles. The molecule has 1 unspecified atom stereocenters. The number of hydrogen-bond donors (Lipinski definition) is 1. The van der Waals surface area contributed by atoms with Crippen LogP contribution in [0.2, 0.25) is 10.0 Å². The summed E-state index contributed by atoms with van der Waals surface area (Å²) < 4.78 is 5.43. The first-order valence-corrected chi connectivity index (χ1v) is 9.99. The van der Waals surface area contributed by atoms with Crippen LogP contribution in [0.4, 0.5) is 0 Å². The number of aromatic hydroxyl groups is 1. The third kappa shape index (κ3) is 3.84. The molecule has 4 rings (SSSR count). The van der Waals surface area contributed by atoms with E-state index < -0.39 is 11.5 Å². The van der Waals surface area contributed by atoms with Gasteiger partial charge in [0.1, 0.15) is 11.3 Å². The summed E-state index contributed by atoms with van der Waals surface area (Å²) in [6.07, 6.45) is -0.0569. The predicted octanol–water partition coefficient (Wildman–Crippen LogP) is 6.21. The Hall–Kier alpha value is -3.08. The fraction of sp³-hybridized carbons (Fsp3) is 0.0833. The van der Waals surface area contributed by atoms with Crippen molar-refractivity contribution in [3.05, 3.63) is 110 Å². The maximum atomic E-state index is 13.0. The van der Waals surface area contributed by atoms with Gasteiger partial charge in [-0.1, -0.05) is 65.7 Å². The molecule has 4 nitrogen and oxygen atoms in total. The quantitative estimate of drug-likeness (QED) is 0.297. The number of rotatable bonds is 5. The molecule has 0 saturated carbocycles. The van der Waals surface area contributed by atoms with Crippen LogP contribution in [0.1, 0.15) is 33.8 Å². The van der Waals surface area contributed by atoms with E-state index in [9.17, 15) is 14.7 Å². The highest BCUT2D eigenvalue weighted by Crippen LogP contribution is 2.37. The molecule has 0 aliphatic rings. The van der Waals surface area contributed by atoms with E-state index in [4.69, 9.17) is 27.6 Å². The molecule has 0 saturated heterocycles.